The molecular weight excluding hydrogens is 234 g/mol. The molecule has 0 saturated heterocycles. The molecule has 0 heterocycles. The average molecular weight is 261 g/mol. The van der Waals surface area contributed by atoms with Gasteiger partial charge in [-0.15, -0.1) is 0 Å². The molecule has 106 valence electrons. The van der Waals surface area contributed by atoms with E-state index >= 15 is 0 Å². The first kappa shape index (κ1) is 14.4. The van der Waals surface area contributed by atoms with Crippen molar-refractivity contribution in [3.8, 4) is 5.75 Å². The van der Waals surface area contributed by atoms with Crippen LogP contribution in [0.15, 0.2) is 24.3 Å². The van der Waals surface area contributed by atoms with E-state index in [1.807, 2.05) is 6.92 Å². The molecule has 1 aromatic carbocycles. The maximum atomic E-state index is 5.47. The summed E-state index contributed by atoms with van der Waals surface area (Å²) in [6.45, 7) is 8.49. The molecule has 0 spiro atoms. The van der Waals surface area contributed by atoms with Gasteiger partial charge in [0.05, 0.1) is 6.61 Å². The first-order valence-corrected chi connectivity index (χ1v) is 7.65. The highest BCUT2D eigenvalue weighted by Crippen LogP contribution is 2.29. The molecule has 3 atom stereocenters. The zero-order valence-corrected chi connectivity index (χ0v) is 12.5. The van der Waals surface area contributed by atoms with E-state index in [1.165, 1.54) is 24.8 Å². The largest absolute Gasteiger partial charge is 0.494 e. The maximum absolute atomic E-state index is 5.47. The van der Waals surface area contributed by atoms with E-state index in [4.69, 9.17) is 4.74 Å². The zero-order valence-electron chi connectivity index (χ0n) is 12.5. The van der Waals surface area contributed by atoms with E-state index in [-0.39, 0.29) is 0 Å². The lowest BCUT2D eigenvalue weighted by molar-refractivity contribution is 0.206. The minimum atomic E-state index is 0.676. The van der Waals surface area contributed by atoms with Crippen molar-refractivity contribution in [3.05, 3.63) is 29.8 Å². The molecule has 0 unspecified atom stereocenters. The lowest BCUT2D eigenvalue weighted by atomic mass is 9.78. The summed E-state index contributed by atoms with van der Waals surface area (Å²) in [4.78, 5) is 0. The highest BCUT2D eigenvalue weighted by Gasteiger charge is 2.26. The van der Waals surface area contributed by atoms with Crippen LogP contribution in [0, 0.1) is 11.8 Å². The van der Waals surface area contributed by atoms with Crippen molar-refractivity contribution in [2.45, 2.75) is 52.6 Å². The minimum absolute atomic E-state index is 0.676. The van der Waals surface area contributed by atoms with Crippen molar-refractivity contribution in [1.29, 1.82) is 0 Å². The molecule has 0 aliphatic heterocycles. The number of ether oxygens (including phenoxy) is 1. The van der Waals surface area contributed by atoms with Crippen LogP contribution in [0.2, 0.25) is 0 Å². The van der Waals surface area contributed by atoms with Gasteiger partial charge < -0.3 is 10.1 Å². The molecule has 0 bridgehead atoms. The van der Waals surface area contributed by atoms with Crippen molar-refractivity contribution in [2.75, 3.05) is 6.61 Å². The van der Waals surface area contributed by atoms with Gasteiger partial charge in [0.15, 0.2) is 0 Å². The molecule has 2 heteroatoms. The highest BCUT2D eigenvalue weighted by molar-refractivity contribution is 5.27. The fourth-order valence-electron chi connectivity index (χ4n) is 2.99. The summed E-state index contributed by atoms with van der Waals surface area (Å²) in [5.74, 6) is 2.61. The quantitative estimate of drug-likeness (QED) is 0.865. The van der Waals surface area contributed by atoms with Crippen molar-refractivity contribution in [2.24, 2.45) is 11.8 Å². The number of rotatable bonds is 5. The topological polar surface area (TPSA) is 21.3 Å². The minimum Gasteiger partial charge on any atom is -0.494 e. The van der Waals surface area contributed by atoms with Gasteiger partial charge >= 0.3 is 0 Å². The Bertz CT molecular complexity index is 373. The van der Waals surface area contributed by atoms with Crippen LogP contribution >= 0.6 is 0 Å². The summed E-state index contributed by atoms with van der Waals surface area (Å²) in [5, 5.41) is 3.73. The second kappa shape index (κ2) is 6.95. The fraction of sp³-hybridized carbons (Fsp3) is 0.647. The summed E-state index contributed by atoms with van der Waals surface area (Å²) in [6, 6.07) is 9.13. The van der Waals surface area contributed by atoms with Gasteiger partial charge in [0, 0.05) is 12.6 Å². The highest BCUT2D eigenvalue weighted by atomic mass is 16.5. The molecule has 0 aromatic heterocycles. The normalized spacial score (nSPS) is 27.2. The van der Waals surface area contributed by atoms with Crippen LogP contribution in [0.4, 0.5) is 0 Å². The van der Waals surface area contributed by atoms with Crippen molar-refractivity contribution >= 4 is 0 Å². The van der Waals surface area contributed by atoms with Gasteiger partial charge in [0.1, 0.15) is 5.75 Å². The summed E-state index contributed by atoms with van der Waals surface area (Å²) in [6.07, 6.45) is 4.08. The Balaban J connectivity index is 1.84. The Morgan fingerprint density at radius 2 is 1.89 bits per heavy atom. The number of hydrogen-bond donors (Lipinski definition) is 1. The standard InChI is InChI=1S/C17H27NO/c1-4-19-16-10-8-15(9-11-16)12-18-17-7-5-6-13(2)14(17)3/h8-11,13-14,17-18H,4-7,12H2,1-3H3/t13-,14-,17-/m0/s1. The van der Waals surface area contributed by atoms with Crippen LogP contribution in [-0.2, 0) is 6.54 Å². The van der Waals surface area contributed by atoms with Crippen LogP contribution in [0.1, 0.15) is 45.6 Å². The molecule has 0 radical (unpaired) electrons. The first-order valence-electron chi connectivity index (χ1n) is 7.65. The number of nitrogens with one attached hydrogen (secondary N) is 1. The van der Waals surface area contributed by atoms with Gasteiger partial charge in [0.25, 0.3) is 0 Å². The number of benzene rings is 1. The molecule has 0 amide bonds. The molecule has 1 fully saturated rings. The number of hydrogen-bond acceptors (Lipinski definition) is 2. The summed E-state index contributed by atoms with van der Waals surface area (Å²) < 4.78 is 5.47. The maximum Gasteiger partial charge on any atom is 0.119 e. The summed E-state index contributed by atoms with van der Waals surface area (Å²) >= 11 is 0. The summed E-state index contributed by atoms with van der Waals surface area (Å²) in [7, 11) is 0. The van der Waals surface area contributed by atoms with E-state index in [2.05, 4.69) is 43.4 Å². The Hall–Kier alpha value is -1.02. The fourth-order valence-corrected chi connectivity index (χ4v) is 2.99. The predicted octanol–water partition coefficient (Wildman–Crippen LogP) is 4.00. The van der Waals surface area contributed by atoms with Gasteiger partial charge in [-0.05, 0) is 42.9 Å². The van der Waals surface area contributed by atoms with Gasteiger partial charge in [-0.25, -0.2) is 0 Å². The molecule has 1 aliphatic rings. The van der Waals surface area contributed by atoms with Crippen LogP contribution in [0.25, 0.3) is 0 Å². The third-order valence-electron chi connectivity index (χ3n) is 4.51. The van der Waals surface area contributed by atoms with Crippen molar-refractivity contribution in [1.82, 2.24) is 5.32 Å². The van der Waals surface area contributed by atoms with E-state index in [0.717, 1.165) is 30.7 Å². The smallest absolute Gasteiger partial charge is 0.119 e. The van der Waals surface area contributed by atoms with E-state index in [1.54, 1.807) is 0 Å². The second-order valence-electron chi connectivity index (χ2n) is 5.83. The van der Waals surface area contributed by atoms with Gasteiger partial charge in [-0.1, -0.05) is 38.8 Å². The van der Waals surface area contributed by atoms with E-state index in [9.17, 15) is 0 Å². The van der Waals surface area contributed by atoms with Crippen LogP contribution in [0.5, 0.6) is 5.75 Å². The molecule has 1 N–H and O–H groups in total. The Morgan fingerprint density at radius 3 is 2.58 bits per heavy atom. The SMILES string of the molecule is CCOc1ccc(CN[C@H]2CCC[C@H](C)[C@@H]2C)cc1. The van der Waals surface area contributed by atoms with E-state index in [0.29, 0.717) is 6.04 Å². The van der Waals surface area contributed by atoms with Gasteiger partial charge in [-0.2, -0.15) is 0 Å². The Kier molecular flexibility index (Phi) is 5.26. The average Bonchev–Trinajstić information content (AvgIpc) is 2.42. The third kappa shape index (κ3) is 3.97. The lowest BCUT2D eigenvalue weighted by Gasteiger charge is -2.34. The van der Waals surface area contributed by atoms with Crippen LogP contribution < -0.4 is 10.1 Å². The van der Waals surface area contributed by atoms with Crippen molar-refractivity contribution in [3.63, 3.8) is 0 Å². The lowest BCUT2D eigenvalue weighted by Crippen LogP contribution is -2.40. The second-order valence-corrected chi connectivity index (χ2v) is 5.83. The zero-order chi connectivity index (χ0) is 13.7. The molecular formula is C17H27NO. The van der Waals surface area contributed by atoms with Crippen LogP contribution in [0.3, 0.4) is 0 Å². The van der Waals surface area contributed by atoms with Crippen LogP contribution in [-0.4, -0.2) is 12.6 Å². The monoisotopic (exact) mass is 261 g/mol. The first-order chi connectivity index (χ1) is 9.20. The Morgan fingerprint density at radius 1 is 1.16 bits per heavy atom. The Labute approximate surface area is 117 Å². The predicted molar refractivity (Wildman–Crippen MR) is 80.4 cm³/mol. The third-order valence-corrected chi connectivity index (χ3v) is 4.51. The van der Waals surface area contributed by atoms with Crippen molar-refractivity contribution < 1.29 is 4.74 Å². The van der Waals surface area contributed by atoms with E-state index < -0.39 is 0 Å². The molecule has 1 saturated carbocycles. The van der Waals surface area contributed by atoms with Gasteiger partial charge in [-0.3, -0.25) is 0 Å². The molecule has 1 aromatic rings. The molecule has 2 nitrogen and oxygen atoms in total. The molecule has 19 heavy (non-hydrogen) atoms. The molecule has 1 aliphatic carbocycles. The summed E-state index contributed by atoms with van der Waals surface area (Å²) in [5.41, 5.74) is 1.34. The van der Waals surface area contributed by atoms with Gasteiger partial charge in [0.2, 0.25) is 0 Å². The molecule has 2 rings (SSSR count).